The molecule has 3 aromatic rings. The highest BCUT2D eigenvalue weighted by Crippen LogP contribution is 2.28. The Kier molecular flexibility index (Phi) is 4.73. The molecule has 2 fully saturated rings. The predicted molar refractivity (Wildman–Crippen MR) is 108 cm³/mol. The molecule has 7 nitrogen and oxygen atoms in total. The molecule has 0 radical (unpaired) electrons. The minimum absolute atomic E-state index is 0.0467. The monoisotopic (exact) mass is 389 g/mol. The van der Waals surface area contributed by atoms with Gasteiger partial charge in [0.15, 0.2) is 0 Å². The number of fused-ring (bicyclic) bond motifs is 1. The number of carbonyl (C=O) groups is 1. The van der Waals surface area contributed by atoms with E-state index in [0.717, 1.165) is 37.4 Å². The van der Waals surface area contributed by atoms with Crippen molar-refractivity contribution in [2.75, 3.05) is 19.6 Å². The molecule has 0 spiro atoms. The van der Waals surface area contributed by atoms with Crippen molar-refractivity contribution in [1.29, 1.82) is 0 Å². The van der Waals surface area contributed by atoms with Gasteiger partial charge in [0, 0.05) is 56.9 Å². The van der Waals surface area contributed by atoms with Crippen molar-refractivity contribution in [2.45, 2.75) is 25.1 Å². The summed E-state index contributed by atoms with van der Waals surface area (Å²) in [6.07, 6.45) is 6.00. The van der Waals surface area contributed by atoms with Gasteiger partial charge in [-0.25, -0.2) is 9.48 Å². The molecular weight excluding hydrogens is 366 g/mol. The smallest absolute Gasteiger partial charge is 0.410 e. The van der Waals surface area contributed by atoms with E-state index in [0.29, 0.717) is 6.54 Å². The highest BCUT2D eigenvalue weighted by atomic mass is 16.6. The molecule has 29 heavy (non-hydrogen) atoms. The number of nitrogens with zero attached hydrogens (tertiary/aromatic N) is 5. The average Bonchev–Trinajstić information content (AvgIpc) is 3.45. The minimum atomic E-state index is -0.195. The van der Waals surface area contributed by atoms with Crippen molar-refractivity contribution in [3.63, 3.8) is 0 Å². The van der Waals surface area contributed by atoms with Crippen LogP contribution < -0.4 is 0 Å². The first-order valence-corrected chi connectivity index (χ1v) is 9.95. The van der Waals surface area contributed by atoms with Gasteiger partial charge in [0.25, 0.3) is 0 Å². The molecule has 7 heteroatoms. The van der Waals surface area contributed by atoms with Crippen LogP contribution in [0.4, 0.5) is 4.79 Å². The van der Waals surface area contributed by atoms with Crippen LogP contribution in [0.2, 0.25) is 0 Å². The summed E-state index contributed by atoms with van der Waals surface area (Å²) in [4.78, 5) is 20.9. The first-order valence-electron chi connectivity index (χ1n) is 9.95. The Hall–Kier alpha value is -3.19. The van der Waals surface area contributed by atoms with E-state index in [9.17, 15) is 4.79 Å². The molecule has 2 saturated heterocycles. The van der Waals surface area contributed by atoms with Gasteiger partial charge in [-0.15, -0.1) is 0 Å². The van der Waals surface area contributed by atoms with Gasteiger partial charge in [0.1, 0.15) is 6.10 Å². The third-order valence-electron chi connectivity index (χ3n) is 5.65. The van der Waals surface area contributed by atoms with Crippen molar-refractivity contribution in [3.8, 4) is 5.69 Å². The lowest BCUT2D eigenvalue weighted by Gasteiger charge is -2.22. The third-order valence-corrected chi connectivity index (χ3v) is 5.65. The lowest BCUT2D eigenvalue weighted by molar-refractivity contribution is 0.120. The summed E-state index contributed by atoms with van der Waals surface area (Å²) in [7, 11) is 0. The zero-order valence-electron chi connectivity index (χ0n) is 16.1. The molecule has 0 N–H and O–H groups in total. The van der Waals surface area contributed by atoms with Gasteiger partial charge in [-0.2, -0.15) is 5.10 Å². The van der Waals surface area contributed by atoms with Crippen LogP contribution in [0.15, 0.2) is 67.1 Å². The van der Waals surface area contributed by atoms with Crippen molar-refractivity contribution in [3.05, 3.63) is 78.4 Å². The highest BCUT2D eigenvalue weighted by molar-refractivity contribution is 5.71. The summed E-state index contributed by atoms with van der Waals surface area (Å²) in [6, 6.07) is 16.3. The summed E-state index contributed by atoms with van der Waals surface area (Å²) >= 11 is 0. The fourth-order valence-electron chi connectivity index (χ4n) is 4.18. The van der Waals surface area contributed by atoms with Gasteiger partial charge in [0.05, 0.1) is 11.7 Å². The van der Waals surface area contributed by atoms with E-state index < -0.39 is 0 Å². The van der Waals surface area contributed by atoms with E-state index in [4.69, 9.17) is 4.74 Å². The average molecular weight is 389 g/mol. The van der Waals surface area contributed by atoms with Crippen LogP contribution in [-0.2, 0) is 17.7 Å². The molecule has 2 atom stereocenters. The number of hydrogen-bond donors (Lipinski definition) is 0. The van der Waals surface area contributed by atoms with Crippen molar-refractivity contribution in [2.24, 2.45) is 0 Å². The molecule has 2 aliphatic rings. The van der Waals surface area contributed by atoms with E-state index in [1.165, 1.54) is 5.56 Å². The van der Waals surface area contributed by atoms with E-state index in [1.54, 1.807) is 12.4 Å². The summed E-state index contributed by atoms with van der Waals surface area (Å²) < 4.78 is 7.49. The lowest BCUT2D eigenvalue weighted by atomic mass is 10.2. The van der Waals surface area contributed by atoms with Gasteiger partial charge in [-0.1, -0.05) is 18.2 Å². The number of amides is 1. The van der Waals surface area contributed by atoms with Gasteiger partial charge in [0.2, 0.25) is 0 Å². The van der Waals surface area contributed by atoms with E-state index in [1.807, 2.05) is 40.0 Å². The third kappa shape index (κ3) is 3.73. The molecule has 148 valence electrons. The normalized spacial score (nSPS) is 21.4. The highest BCUT2D eigenvalue weighted by Gasteiger charge is 2.47. The Balaban J connectivity index is 1.20. The second-order valence-electron chi connectivity index (χ2n) is 7.57. The number of benzene rings is 1. The molecule has 0 bridgehead atoms. The van der Waals surface area contributed by atoms with Crippen LogP contribution in [0, 0.1) is 0 Å². The molecule has 0 saturated carbocycles. The van der Waals surface area contributed by atoms with Crippen LogP contribution >= 0.6 is 0 Å². The van der Waals surface area contributed by atoms with Crippen LogP contribution in [0.25, 0.3) is 5.69 Å². The first-order chi connectivity index (χ1) is 14.3. The summed E-state index contributed by atoms with van der Waals surface area (Å²) in [5.74, 6) is 0. The largest absolute Gasteiger partial charge is 0.442 e. The van der Waals surface area contributed by atoms with Crippen LogP contribution in [-0.4, -0.2) is 62.4 Å². The number of likely N-dealkylation sites (tertiary alicyclic amines) is 1. The van der Waals surface area contributed by atoms with Crippen molar-refractivity contribution in [1.82, 2.24) is 24.6 Å². The number of rotatable bonds is 6. The van der Waals surface area contributed by atoms with Crippen molar-refractivity contribution < 1.29 is 9.53 Å². The molecule has 0 aliphatic carbocycles. The van der Waals surface area contributed by atoms with Crippen LogP contribution in [0.5, 0.6) is 0 Å². The van der Waals surface area contributed by atoms with E-state index in [2.05, 4.69) is 39.2 Å². The number of hydrogen-bond acceptors (Lipinski definition) is 5. The number of ether oxygens (including phenoxy) is 1. The first kappa shape index (κ1) is 17.9. The fourth-order valence-corrected chi connectivity index (χ4v) is 4.18. The summed E-state index contributed by atoms with van der Waals surface area (Å²) in [5, 5.41) is 4.26. The molecule has 1 aromatic carbocycles. The Bertz CT molecular complexity index is 959. The maximum Gasteiger partial charge on any atom is 0.410 e. The van der Waals surface area contributed by atoms with Gasteiger partial charge in [-0.3, -0.25) is 14.8 Å². The predicted octanol–water partition coefficient (Wildman–Crippen LogP) is 2.52. The maximum atomic E-state index is 12.3. The molecule has 4 heterocycles. The zero-order valence-corrected chi connectivity index (χ0v) is 16.1. The van der Waals surface area contributed by atoms with Crippen LogP contribution in [0.1, 0.15) is 11.3 Å². The van der Waals surface area contributed by atoms with Gasteiger partial charge in [-0.05, 0) is 35.9 Å². The summed E-state index contributed by atoms with van der Waals surface area (Å²) in [5.41, 5.74) is 3.29. The maximum absolute atomic E-state index is 12.3. The van der Waals surface area contributed by atoms with Gasteiger partial charge >= 0.3 is 6.09 Å². The SMILES string of the molecule is O=C1O[C@@H]2CN(Cc3ccc(-n4cccn4)cc3)C[C@@H]2N1CCc1ccccn1. The topological polar surface area (TPSA) is 63.5 Å². The van der Waals surface area contributed by atoms with E-state index in [-0.39, 0.29) is 18.2 Å². The molecule has 0 unspecified atom stereocenters. The molecule has 1 amide bonds. The Morgan fingerprint density at radius 1 is 1.03 bits per heavy atom. The Morgan fingerprint density at radius 2 is 1.93 bits per heavy atom. The summed E-state index contributed by atoms with van der Waals surface area (Å²) in [6.45, 7) is 3.10. The lowest BCUT2D eigenvalue weighted by Crippen LogP contribution is -2.39. The fraction of sp³-hybridized carbons (Fsp3) is 0.318. The number of pyridine rings is 1. The Morgan fingerprint density at radius 3 is 2.69 bits per heavy atom. The van der Waals surface area contributed by atoms with Crippen molar-refractivity contribution >= 4 is 6.09 Å². The quantitative estimate of drug-likeness (QED) is 0.648. The molecule has 2 aliphatic heterocycles. The molecule has 2 aromatic heterocycles. The van der Waals surface area contributed by atoms with Gasteiger partial charge < -0.3 is 4.74 Å². The second-order valence-corrected chi connectivity index (χ2v) is 7.57. The second kappa shape index (κ2) is 7.67. The minimum Gasteiger partial charge on any atom is -0.442 e. The van der Waals surface area contributed by atoms with Crippen LogP contribution in [0.3, 0.4) is 0 Å². The molecule has 5 rings (SSSR count). The number of carbonyl (C=O) groups excluding carboxylic acids is 1. The van der Waals surface area contributed by atoms with E-state index >= 15 is 0 Å². The molecular formula is C22H23N5O2. The Labute approximate surface area is 169 Å². The zero-order chi connectivity index (χ0) is 19.6. The standard InChI is InChI=1S/C22H23N5O2/c28-22-26(13-9-18-4-1-2-10-23-18)20-15-25(16-21(20)29-22)14-17-5-7-19(8-6-17)27-12-3-11-24-27/h1-8,10-12,20-21H,9,13-16H2/t20-,21+/m0/s1. The number of aromatic nitrogens is 3.